The monoisotopic (exact) mass is 534 g/mol. The lowest BCUT2D eigenvalue weighted by atomic mass is 9.84. The van der Waals surface area contributed by atoms with E-state index in [4.69, 9.17) is 18.9 Å². The molecule has 0 radical (unpaired) electrons. The van der Waals surface area contributed by atoms with Gasteiger partial charge < -0.3 is 34.7 Å². The molecule has 2 amide bonds. The van der Waals surface area contributed by atoms with Crippen LogP contribution in [0.2, 0.25) is 0 Å². The largest absolute Gasteiger partial charge is 0.487 e. The predicted molar refractivity (Wildman–Crippen MR) is 137 cm³/mol. The van der Waals surface area contributed by atoms with E-state index in [1.807, 2.05) is 6.07 Å². The molecule has 9 nitrogen and oxygen atoms in total. The van der Waals surface area contributed by atoms with Crippen molar-refractivity contribution in [1.82, 2.24) is 5.32 Å². The number of carbonyl (C=O) groups is 2. The van der Waals surface area contributed by atoms with E-state index in [2.05, 4.69) is 10.6 Å². The third-order valence-electron chi connectivity index (χ3n) is 7.18. The lowest BCUT2D eigenvalue weighted by molar-refractivity contribution is -0.142. The Morgan fingerprint density at radius 2 is 1.85 bits per heavy atom. The van der Waals surface area contributed by atoms with Gasteiger partial charge in [0.1, 0.15) is 23.8 Å². The first-order valence-electron chi connectivity index (χ1n) is 12.8. The Labute approximate surface area is 223 Å². The molecule has 0 saturated carbocycles. The molecule has 3 aliphatic heterocycles. The molecule has 0 spiro atoms. The van der Waals surface area contributed by atoms with Crippen LogP contribution in [0.25, 0.3) is 0 Å². The molecule has 39 heavy (non-hydrogen) atoms. The van der Waals surface area contributed by atoms with Crippen LogP contribution in [0.1, 0.15) is 40.2 Å². The molecule has 6 rings (SSSR count). The van der Waals surface area contributed by atoms with Gasteiger partial charge in [-0.1, -0.05) is 12.1 Å². The van der Waals surface area contributed by atoms with E-state index in [-0.39, 0.29) is 49.9 Å². The SMILES string of the molecule is O=C(C[C@H]1C[C@H]2c3cc(NC(=O)c4ccc5c(c4)OCO5)ccc3O[C@H]2[C@H](CO)O1)NCc1cccc(F)c1. The molecule has 0 unspecified atom stereocenters. The molecular weight excluding hydrogens is 507 g/mol. The summed E-state index contributed by atoms with van der Waals surface area (Å²) in [7, 11) is 0. The molecular formula is C29H27FN2O7. The summed E-state index contributed by atoms with van der Waals surface area (Å²) in [5, 5.41) is 15.7. The van der Waals surface area contributed by atoms with E-state index in [1.165, 1.54) is 12.1 Å². The zero-order valence-electron chi connectivity index (χ0n) is 20.9. The Morgan fingerprint density at radius 3 is 2.69 bits per heavy atom. The number of aliphatic hydroxyl groups excluding tert-OH is 1. The Morgan fingerprint density at radius 1 is 1.00 bits per heavy atom. The first-order chi connectivity index (χ1) is 19.0. The minimum absolute atomic E-state index is 0.0882. The van der Waals surface area contributed by atoms with Gasteiger partial charge in [-0.3, -0.25) is 9.59 Å². The van der Waals surface area contributed by atoms with Gasteiger partial charge in [0.15, 0.2) is 11.5 Å². The van der Waals surface area contributed by atoms with Crippen LogP contribution < -0.4 is 24.8 Å². The number of fused-ring (bicyclic) bond motifs is 4. The minimum atomic E-state index is -0.608. The molecule has 3 aliphatic rings. The number of halogens is 1. The van der Waals surface area contributed by atoms with E-state index in [0.717, 1.165) is 5.56 Å². The van der Waals surface area contributed by atoms with Gasteiger partial charge in [-0.25, -0.2) is 4.39 Å². The summed E-state index contributed by atoms with van der Waals surface area (Å²) < 4.78 is 36.2. The summed E-state index contributed by atoms with van der Waals surface area (Å²) in [6, 6.07) is 16.5. The van der Waals surface area contributed by atoms with Gasteiger partial charge in [-0.15, -0.1) is 0 Å². The van der Waals surface area contributed by atoms with Crippen molar-refractivity contribution in [2.24, 2.45) is 0 Å². The average molecular weight is 535 g/mol. The molecule has 3 heterocycles. The number of rotatable bonds is 7. The molecule has 0 aliphatic carbocycles. The van der Waals surface area contributed by atoms with Crippen molar-refractivity contribution in [3.63, 3.8) is 0 Å². The standard InChI is InChI=1S/C29H27FN2O7/c30-18-3-1-2-16(8-18)13-31-27(34)12-20-11-22-21-10-19(5-7-23(21)39-28(22)26(14-33)38-20)32-29(35)17-4-6-24-25(9-17)37-15-36-24/h1-10,20,22,26,28,33H,11-15H2,(H,31,34)(H,32,35)/t20-,22+,26+,28-/m1/s1. The number of hydrogen-bond donors (Lipinski definition) is 3. The number of hydrogen-bond acceptors (Lipinski definition) is 7. The second-order valence-electron chi connectivity index (χ2n) is 9.79. The topological polar surface area (TPSA) is 115 Å². The molecule has 1 fully saturated rings. The van der Waals surface area contributed by atoms with Gasteiger partial charge in [-0.05, 0) is 60.5 Å². The van der Waals surface area contributed by atoms with Gasteiger partial charge in [0.05, 0.1) is 19.1 Å². The fraction of sp³-hybridized carbons (Fsp3) is 0.310. The molecule has 10 heteroatoms. The van der Waals surface area contributed by atoms with Gasteiger partial charge in [0.2, 0.25) is 12.7 Å². The van der Waals surface area contributed by atoms with Crippen molar-refractivity contribution in [3.05, 3.63) is 83.2 Å². The highest BCUT2D eigenvalue weighted by molar-refractivity contribution is 6.04. The molecule has 202 valence electrons. The van der Waals surface area contributed by atoms with Crippen molar-refractivity contribution < 1.29 is 38.0 Å². The van der Waals surface area contributed by atoms with Crippen LogP contribution in [0.4, 0.5) is 10.1 Å². The van der Waals surface area contributed by atoms with Crippen LogP contribution in [-0.2, 0) is 16.1 Å². The van der Waals surface area contributed by atoms with Crippen molar-refractivity contribution in [2.75, 3.05) is 18.7 Å². The Hall–Kier alpha value is -4.15. The zero-order chi connectivity index (χ0) is 26.9. The maximum Gasteiger partial charge on any atom is 0.255 e. The summed E-state index contributed by atoms with van der Waals surface area (Å²) in [5.41, 5.74) is 2.58. The molecule has 1 saturated heterocycles. The van der Waals surface area contributed by atoms with Gasteiger partial charge in [0, 0.05) is 29.3 Å². The maximum atomic E-state index is 13.4. The highest BCUT2D eigenvalue weighted by Crippen LogP contribution is 2.47. The van der Waals surface area contributed by atoms with Crippen LogP contribution in [0.5, 0.6) is 17.2 Å². The number of nitrogens with one attached hydrogen (secondary N) is 2. The lowest BCUT2D eigenvalue weighted by Crippen LogP contribution is -2.47. The Bertz CT molecular complexity index is 1410. The molecule has 4 atom stereocenters. The number of benzene rings is 3. The smallest absolute Gasteiger partial charge is 0.255 e. The number of amides is 2. The van der Waals surface area contributed by atoms with Crippen molar-refractivity contribution in [1.29, 1.82) is 0 Å². The number of anilines is 1. The van der Waals surface area contributed by atoms with Crippen LogP contribution in [-0.4, -0.2) is 48.6 Å². The molecule has 3 aromatic rings. The van der Waals surface area contributed by atoms with Gasteiger partial charge in [-0.2, -0.15) is 0 Å². The van der Waals surface area contributed by atoms with Crippen molar-refractivity contribution in [2.45, 2.75) is 43.6 Å². The first-order valence-corrected chi connectivity index (χ1v) is 12.8. The van der Waals surface area contributed by atoms with Crippen molar-refractivity contribution >= 4 is 17.5 Å². The van der Waals surface area contributed by atoms with Gasteiger partial charge >= 0.3 is 0 Å². The van der Waals surface area contributed by atoms with E-state index in [1.54, 1.807) is 42.5 Å². The summed E-state index contributed by atoms with van der Waals surface area (Å²) in [4.78, 5) is 25.5. The zero-order valence-corrected chi connectivity index (χ0v) is 20.9. The van der Waals surface area contributed by atoms with Crippen molar-refractivity contribution in [3.8, 4) is 17.2 Å². The number of aliphatic hydroxyl groups is 1. The normalized spacial score (nSPS) is 22.4. The van der Waals surface area contributed by atoms with Crippen LogP contribution >= 0.6 is 0 Å². The average Bonchev–Trinajstić information content (AvgIpc) is 3.55. The third-order valence-corrected chi connectivity index (χ3v) is 7.18. The van der Waals surface area contributed by atoms with E-state index >= 15 is 0 Å². The molecule has 0 aromatic heterocycles. The summed E-state index contributed by atoms with van der Waals surface area (Å²) in [6.45, 7) is 0.0729. The van der Waals surface area contributed by atoms with Crippen LogP contribution in [0.15, 0.2) is 60.7 Å². The second kappa shape index (κ2) is 10.5. The Kier molecular flexibility index (Phi) is 6.80. The molecule has 3 N–H and O–H groups in total. The summed E-state index contributed by atoms with van der Waals surface area (Å²) >= 11 is 0. The van der Waals surface area contributed by atoms with Crippen LogP contribution in [0.3, 0.4) is 0 Å². The van der Waals surface area contributed by atoms with E-state index < -0.39 is 18.3 Å². The predicted octanol–water partition coefficient (Wildman–Crippen LogP) is 3.51. The number of ether oxygens (including phenoxy) is 4. The van der Waals surface area contributed by atoms with E-state index in [9.17, 15) is 19.1 Å². The third kappa shape index (κ3) is 5.25. The molecule has 3 aromatic carbocycles. The van der Waals surface area contributed by atoms with Gasteiger partial charge in [0.25, 0.3) is 5.91 Å². The highest BCUT2D eigenvalue weighted by Gasteiger charge is 2.46. The number of carbonyl (C=O) groups excluding carboxylic acids is 2. The maximum absolute atomic E-state index is 13.4. The summed E-state index contributed by atoms with van der Waals surface area (Å²) in [6.07, 6.45) is -0.871. The lowest BCUT2D eigenvalue weighted by Gasteiger charge is -2.37. The summed E-state index contributed by atoms with van der Waals surface area (Å²) in [5.74, 6) is 0.762. The highest BCUT2D eigenvalue weighted by atomic mass is 19.1. The quantitative estimate of drug-likeness (QED) is 0.425. The molecule has 0 bridgehead atoms. The fourth-order valence-corrected chi connectivity index (χ4v) is 5.33. The second-order valence-corrected chi connectivity index (χ2v) is 9.79. The Balaban J connectivity index is 1.13. The minimum Gasteiger partial charge on any atom is -0.487 e. The fourth-order valence-electron chi connectivity index (χ4n) is 5.33. The van der Waals surface area contributed by atoms with E-state index in [0.29, 0.717) is 40.5 Å². The van der Waals surface area contributed by atoms with Crippen LogP contribution in [0, 0.1) is 5.82 Å². The first kappa shape index (κ1) is 25.1.